The number of nitrogen functional groups attached to an aromatic ring is 1. The third-order valence-corrected chi connectivity index (χ3v) is 5.09. The van der Waals surface area contributed by atoms with Crippen LogP contribution < -0.4 is 5.73 Å². The smallest absolute Gasteiger partial charge is 0.243 e. The summed E-state index contributed by atoms with van der Waals surface area (Å²) in [6.45, 7) is 1.75. The van der Waals surface area contributed by atoms with Crippen molar-refractivity contribution < 1.29 is 17.5 Å². The van der Waals surface area contributed by atoms with Gasteiger partial charge in [0.2, 0.25) is 10.0 Å². The molecule has 0 spiro atoms. The Labute approximate surface area is 116 Å². The van der Waals surface area contributed by atoms with Crippen molar-refractivity contribution in [3.05, 3.63) is 23.5 Å². The predicted molar refractivity (Wildman–Crippen MR) is 69.7 cm³/mol. The van der Waals surface area contributed by atoms with Gasteiger partial charge in [-0.05, 0) is 24.6 Å². The molecular weight excluding hydrogens is 285 g/mol. The Morgan fingerprint density at radius 1 is 1.55 bits per heavy atom. The quantitative estimate of drug-likeness (QED) is 0.808. The van der Waals surface area contributed by atoms with E-state index in [1.54, 1.807) is 0 Å². The molecule has 0 radical (unpaired) electrons. The summed E-state index contributed by atoms with van der Waals surface area (Å²) < 4.78 is 44.6. The Kier molecular flexibility index (Phi) is 3.94. The summed E-state index contributed by atoms with van der Waals surface area (Å²) in [4.78, 5) is -0.0463. The van der Waals surface area contributed by atoms with Crippen molar-refractivity contribution >= 4 is 15.7 Å². The Hall–Kier alpha value is -1.69. The van der Waals surface area contributed by atoms with Crippen LogP contribution in [-0.2, 0) is 14.8 Å². The molecule has 1 fully saturated rings. The second-order valence-electron chi connectivity index (χ2n) is 4.49. The van der Waals surface area contributed by atoms with Crippen LogP contribution in [-0.4, -0.2) is 38.5 Å². The molecular formula is C12H14FN3O3S. The number of nitriles is 1. The van der Waals surface area contributed by atoms with E-state index >= 15 is 0 Å². The van der Waals surface area contributed by atoms with Gasteiger partial charge >= 0.3 is 0 Å². The van der Waals surface area contributed by atoms with E-state index in [4.69, 9.17) is 15.7 Å². The summed E-state index contributed by atoms with van der Waals surface area (Å²) >= 11 is 0. The molecule has 1 unspecified atom stereocenters. The summed E-state index contributed by atoms with van der Waals surface area (Å²) in [5.74, 6) is -0.654. The zero-order chi connectivity index (χ0) is 14.9. The molecule has 1 aliphatic rings. The highest BCUT2D eigenvalue weighted by molar-refractivity contribution is 7.89. The third kappa shape index (κ3) is 2.60. The van der Waals surface area contributed by atoms with Gasteiger partial charge in [0.05, 0.1) is 29.8 Å². The van der Waals surface area contributed by atoms with Gasteiger partial charge in [-0.2, -0.15) is 9.57 Å². The minimum atomic E-state index is -3.82. The highest BCUT2D eigenvalue weighted by Gasteiger charge is 2.32. The molecule has 6 nitrogen and oxygen atoms in total. The third-order valence-electron chi connectivity index (χ3n) is 3.09. The lowest BCUT2D eigenvalue weighted by molar-refractivity contribution is 0.0311. The Morgan fingerprint density at radius 3 is 2.90 bits per heavy atom. The number of rotatable bonds is 2. The molecule has 1 heterocycles. The van der Waals surface area contributed by atoms with Gasteiger partial charge in [-0.3, -0.25) is 0 Å². The van der Waals surface area contributed by atoms with E-state index in [0.29, 0.717) is 0 Å². The van der Waals surface area contributed by atoms with Gasteiger partial charge < -0.3 is 10.5 Å². The van der Waals surface area contributed by atoms with E-state index in [0.717, 1.165) is 16.4 Å². The first kappa shape index (κ1) is 14.7. The monoisotopic (exact) mass is 299 g/mol. The van der Waals surface area contributed by atoms with Crippen LogP contribution in [0.5, 0.6) is 0 Å². The summed E-state index contributed by atoms with van der Waals surface area (Å²) in [7, 11) is -3.82. The standard InChI is InChI=1S/C12H14FN3O3S/c1-8-4-10(13)11(15)5-12(8)20(17,18)16-2-3-19-9(6-14)7-16/h4-5,9H,2-3,7,15H2,1H3. The molecule has 0 aliphatic carbocycles. The summed E-state index contributed by atoms with van der Waals surface area (Å²) in [6, 6.07) is 4.08. The van der Waals surface area contributed by atoms with Crippen molar-refractivity contribution in [2.75, 3.05) is 25.4 Å². The second-order valence-corrected chi connectivity index (χ2v) is 6.40. The Morgan fingerprint density at radius 2 is 2.25 bits per heavy atom. The van der Waals surface area contributed by atoms with E-state index in [1.165, 1.54) is 6.92 Å². The molecule has 8 heteroatoms. The number of nitrogens with zero attached hydrogens (tertiary/aromatic N) is 2. The van der Waals surface area contributed by atoms with Crippen molar-refractivity contribution in [3.8, 4) is 6.07 Å². The molecule has 0 amide bonds. The molecule has 1 aromatic carbocycles. The van der Waals surface area contributed by atoms with Gasteiger partial charge in [0.25, 0.3) is 0 Å². The molecule has 0 saturated carbocycles. The molecule has 2 rings (SSSR count). The van der Waals surface area contributed by atoms with Crippen molar-refractivity contribution in [2.45, 2.75) is 17.9 Å². The summed E-state index contributed by atoms with van der Waals surface area (Å²) in [5.41, 5.74) is 5.49. The van der Waals surface area contributed by atoms with E-state index < -0.39 is 21.9 Å². The van der Waals surface area contributed by atoms with E-state index in [9.17, 15) is 12.8 Å². The predicted octanol–water partition coefficient (Wildman–Crippen LogP) is 0.629. The van der Waals surface area contributed by atoms with E-state index in [-0.39, 0.29) is 35.8 Å². The van der Waals surface area contributed by atoms with Gasteiger partial charge in [-0.15, -0.1) is 0 Å². The van der Waals surface area contributed by atoms with Crippen LogP contribution >= 0.6 is 0 Å². The number of sulfonamides is 1. The van der Waals surface area contributed by atoms with Crippen LogP contribution in [0.4, 0.5) is 10.1 Å². The maximum absolute atomic E-state index is 13.3. The fraction of sp³-hybridized carbons (Fsp3) is 0.417. The zero-order valence-corrected chi connectivity index (χ0v) is 11.7. The molecule has 0 bridgehead atoms. The fourth-order valence-corrected chi connectivity index (χ4v) is 3.67. The van der Waals surface area contributed by atoms with E-state index in [2.05, 4.69) is 0 Å². The number of aryl methyl sites for hydroxylation is 1. The molecule has 1 aromatic rings. The lowest BCUT2D eigenvalue weighted by atomic mass is 10.2. The number of benzene rings is 1. The molecule has 1 aliphatic heterocycles. The first-order valence-electron chi connectivity index (χ1n) is 5.93. The molecule has 108 valence electrons. The van der Waals surface area contributed by atoms with Crippen LogP contribution in [0.15, 0.2) is 17.0 Å². The fourth-order valence-electron chi connectivity index (χ4n) is 2.01. The van der Waals surface area contributed by atoms with Gasteiger partial charge in [-0.25, -0.2) is 12.8 Å². The number of morpholine rings is 1. The van der Waals surface area contributed by atoms with Crippen molar-refractivity contribution in [3.63, 3.8) is 0 Å². The maximum atomic E-state index is 13.3. The largest absolute Gasteiger partial charge is 0.396 e. The highest BCUT2D eigenvalue weighted by Crippen LogP contribution is 2.25. The zero-order valence-electron chi connectivity index (χ0n) is 10.8. The number of anilines is 1. The van der Waals surface area contributed by atoms with Gasteiger partial charge in [0.1, 0.15) is 5.82 Å². The number of hydrogen-bond acceptors (Lipinski definition) is 5. The SMILES string of the molecule is Cc1cc(F)c(N)cc1S(=O)(=O)N1CCOC(C#N)C1. The lowest BCUT2D eigenvalue weighted by Crippen LogP contribution is -2.45. The molecule has 2 N–H and O–H groups in total. The normalized spacial score (nSPS) is 20.6. The minimum absolute atomic E-state index is 0.0461. The lowest BCUT2D eigenvalue weighted by Gasteiger charge is -2.29. The summed E-state index contributed by atoms with van der Waals surface area (Å²) in [6.07, 6.45) is -0.795. The molecule has 20 heavy (non-hydrogen) atoms. The van der Waals surface area contributed by atoms with Crippen LogP contribution in [0.1, 0.15) is 5.56 Å². The molecule has 1 atom stereocenters. The van der Waals surface area contributed by atoms with Crippen molar-refractivity contribution in [1.29, 1.82) is 5.26 Å². The van der Waals surface area contributed by atoms with Crippen molar-refractivity contribution in [2.24, 2.45) is 0 Å². The second kappa shape index (κ2) is 5.36. The topological polar surface area (TPSA) is 96.4 Å². The molecule has 1 saturated heterocycles. The first-order chi connectivity index (χ1) is 9.36. The van der Waals surface area contributed by atoms with Crippen LogP contribution in [0.25, 0.3) is 0 Å². The first-order valence-corrected chi connectivity index (χ1v) is 7.37. The average molecular weight is 299 g/mol. The molecule has 0 aromatic heterocycles. The Bertz CT molecular complexity index is 669. The average Bonchev–Trinajstić information content (AvgIpc) is 2.42. The number of nitrogens with two attached hydrogens (primary N) is 1. The van der Waals surface area contributed by atoms with Gasteiger partial charge in [0, 0.05) is 6.54 Å². The Balaban J connectivity index is 2.40. The van der Waals surface area contributed by atoms with Gasteiger partial charge in [-0.1, -0.05) is 0 Å². The van der Waals surface area contributed by atoms with E-state index in [1.807, 2.05) is 6.07 Å². The van der Waals surface area contributed by atoms with Gasteiger partial charge in [0.15, 0.2) is 6.10 Å². The minimum Gasteiger partial charge on any atom is -0.396 e. The number of ether oxygens (including phenoxy) is 1. The van der Waals surface area contributed by atoms with Crippen LogP contribution in [0.2, 0.25) is 0 Å². The summed E-state index contributed by atoms with van der Waals surface area (Å²) in [5, 5.41) is 8.81. The number of hydrogen-bond donors (Lipinski definition) is 1. The number of halogens is 1. The highest BCUT2D eigenvalue weighted by atomic mass is 32.2. The maximum Gasteiger partial charge on any atom is 0.243 e. The van der Waals surface area contributed by atoms with Crippen LogP contribution in [0.3, 0.4) is 0 Å². The van der Waals surface area contributed by atoms with Crippen molar-refractivity contribution in [1.82, 2.24) is 4.31 Å². The van der Waals surface area contributed by atoms with Crippen LogP contribution in [0, 0.1) is 24.1 Å².